The van der Waals surface area contributed by atoms with Crippen LogP contribution in [0, 0.1) is 0 Å². The van der Waals surface area contributed by atoms with Crippen molar-refractivity contribution >= 4 is 16.9 Å². The Morgan fingerprint density at radius 2 is 2.24 bits per heavy atom. The number of aryl methyl sites for hydroxylation is 1. The first-order valence-electron chi connectivity index (χ1n) is 4.93. The van der Waals surface area contributed by atoms with E-state index in [-0.39, 0.29) is 0 Å². The Labute approximate surface area is 95.5 Å². The molecule has 0 fully saturated rings. The summed E-state index contributed by atoms with van der Waals surface area (Å²) < 4.78 is 6.33. The molecule has 0 aromatic carbocycles. The Balaban J connectivity index is 2.16. The summed E-state index contributed by atoms with van der Waals surface area (Å²) in [4.78, 5) is 12.0. The maximum absolute atomic E-state index is 5.83. The van der Waals surface area contributed by atoms with Crippen molar-refractivity contribution in [2.75, 3.05) is 5.73 Å². The van der Waals surface area contributed by atoms with Crippen molar-refractivity contribution in [2.24, 2.45) is 7.05 Å². The molecule has 0 radical (unpaired) electrons. The van der Waals surface area contributed by atoms with Crippen molar-refractivity contribution in [1.29, 1.82) is 0 Å². The van der Waals surface area contributed by atoms with Gasteiger partial charge in [0.15, 0.2) is 11.5 Å². The fraction of sp³-hybridized carbons (Fsp3) is 0.222. The van der Waals surface area contributed by atoms with E-state index in [1.165, 1.54) is 12.7 Å². The van der Waals surface area contributed by atoms with E-state index >= 15 is 0 Å². The first-order valence-corrected chi connectivity index (χ1v) is 4.93. The molecule has 3 aromatic heterocycles. The van der Waals surface area contributed by atoms with Gasteiger partial charge in [0.05, 0.1) is 17.5 Å². The number of nitrogens with zero attached hydrogens (tertiary/aromatic N) is 6. The Morgan fingerprint density at radius 3 is 3.00 bits per heavy atom. The molecule has 8 nitrogen and oxygen atoms in total. The second kappa shape index (κ2) is 3.51. The topological polar surface area (TPSA) is 109 Å². The van der Waals surface area contributed by atoms with Gasteiger partial charge in [-0.05, 0) is 0 Å². The van der Waals surface area contributed by atoms with Crippen molar-refractivity contribution in [1.82, 2.24) is 29.9 Å². The number of hydrogen-bond acceptors (Lipinski definition) is 7. The van der Waals surface area contributed by atoms with Gasteiger partial charge in [0.1, 0.15) is 12.1 Å². The third kappa shape index (κ3) is 1.50. The third-order valence-electron chi connectivity index (χ3n) is 2.45. The summed E-state index contributed by atoms with van der Waals surface area (Å²) in [5.41, 5.74) is 7.26. The molecule has 0 unspecified atom stereocenters. The zero-order chi connectivity index (χ0) is 11.8. The Bertz CT molecular complexity index is 657. The van der Waals surface area contributed by atoms with E-state index in [0.29, 0.717) is 23.7 Å². The molecule has 0 aliphatic carbocycles. The van der Waals surface area contributed by atoms with Gasteiger partial charge < -0.3 is 10.3 Å². The van der Waals surface area contributed by atoms with Crippen LogP contribution in [0.15, 0.2) is 17.2 Å². The van der Waals surface area contributed by atoms with Gasteiger partial charge in [-0.25, -0.2) is 9.97 Å². The molecule has 0 atom stereocenters. The highest BCUT2D eigenvalue weighted by molar-refractivity contribution is 5.88. The van der Waals surface area contributed by atoms with Gasteiger partial charge in [-0.15, -0.1) is 0 Å². The Kier molecular flexibility index (Phi) is 2.00. The quantitative estimate of drug-likeness (QED) is 0.656. The van der Waals surface area contributed by atoms with E-state index in [9.17, 15) is 0 Å². The van der Waals surface area contributed by atoms with Gasteiger partial charge in [0.25, 0.3) is 0 Å². The molecule has 3 rings (SSSR count). The van der Waals surface area contributed by atoms with E-state index in [0.717, 1.165) is 11.1 Å². The monoisotopic (exact) mass is 231 g/mol. The third-order valence-corrected chi connectivity index (χ3v) is 2.45. The summed E-state index contributed by atoms with van der Waals surface area (Å²) in [6, 6.07) is 0. The Hall–Kier alpha value is -2.51. The first kappa shape index (κ1) is 9.70. The lowest BCUT2D eigenvalue weighted by molar-refractivity contribution is 0.411. The van der Waals surface area contributed by atoms with Crippen LogP contribution in [-0.2, 0) is 13.5 Å². The molecular weight excluding hydrogens is 222 g/mol. The van der Waals surface area contributed by atoms with Crippen LogP contribution in [0.25, 0.3) is 11.0 Å². The lowest BCUT2D eigenvalue weighted by atomic mass is 10.2. The predicted octanol–water partition coefficient (Wildman–Crippen LogP) is -0.0807. The first-order chi connectivity index (χ1) is 8.25. The van der Waals surface area contributed by atoms with Gasteiger partial charge in [-0.3, -0.25) is 4.68 Å². The smallest absolute Gasteiger partial charge is 0.213 e. The number of fused-ring (bicyclic) bond motifs is 1. The van der Waals surface area contributed by atoms with Crippen molar-refractivity contribution in [3.8, 4) is 0 Å². The minimum Gasteiger partial charge on any atom is -0.383 e. The zero-order valence-electron chi connectivity index (χ0n) is 9.03. The second-order valence-corrected chi connectivity index (χ2v) is 3.55. The van der Waals surface area contributed by atoms with Crippen LogP contribution in [-0.4, -0.2) is 29.9 Å². The molecule has 3 heterocycles. The molecule has 0 aliphatic heterocycles. The summed E-state index contributed by atoms with van der Waals surface area (Å²) in [6.07, 6.45) is 3.13. The molecule has 0 saturated heterocycles. The van der Waals surface area contributed by atoms with E-state index < -0.39 is 0 Å². The van der Waals surface area contributed by atoms with Crippen LogP contribution in [0.4, 0.5) is 5.82 Å². The number of rotatable bonds is 2. The van der Waals surface area contributed by atoms with E-state index in [2.05, 4.69) is 29.7 Å². The van der Waals surface area contributed by atoms with E-state index in [4.69, 9.17) is 5.73 Å². The molecule has 17 heavy (non-hydrogen) atoms. The SMILES string of the molecule is Cn1nc(Cc2ncon2)c2c(N)ncnc21. The van der Waals surface area contributed by atoms with Crippen LogP contribution >= 0.6 is 0 Å². The number of aromatic nitrogens is 6. The summed E-state index contributed by atoms with van der Waals surface area (Å²) in [6.45, 7) is 0. The summed E-state index contributed by atoms with van der Waals surface area (Å²) in [7, 11) is 1.80. The average molecular weight is 231 g/mol. The largest absolute Gasteiger partial charge is 0.383 e. The molecule has 0 saturated carbocycles. The van der Waals surface area contributed by atoms with Crippen LogP contribution in [0.5, 0.6) is 0 Å². The second-order valence-electron chi connectivity index (χ2n) is 3.55. The van der Waals surface area contributed by atoms with E-state index in [1.807, 2.05) is 0 Å². The summed E-state index contributed by atoms with van der Waals surface area (Å²) >= 11 is 0. The average Bonchev–Trinajstić information content (AvgIpc) is 2.90. The molecule has 0 bridgehead atoms. The van der Waals surface area contributed by atoms with Gasteiger partial charge in [-0.1, -0.05) is 5.16 Å². The number of nitrogen functional groups attached to an aromatic ring is 1. The van der Waals surface area contributed by atoms with Crippen molar-refractivity contribution in [3.63, 3.8) is 0 Å². The van der Waals surface area contributed by atoms with E-state index in [1.54, 1.807) is 11.7 Å². The van der Waals surface area contributed by atoms with Gasteiger partial charge in [-0.2, -0.15) is 10.1 Å². The molecule has 0 aliphatic rings. The van der Waals surface area contributed by atoms with Crippen LogP contribution in [0.3, 0.4) is 0 Å². The van der Waals surface area contributed by atoms with Crippen molar-refractivity contribution < 1.29 is 4.52 Å². The fourth-order valence-corrected chi connectivity index (χ4v) is 1.73. The highest BCUT2D eigenvalue weighted by Gasteiger charge is 2.15. The van der Waals surface area contributed by atoms with Crippen LogP contribution in [0.2, 0.25) is 0 Å². The van der Waals surface area contributed by atoms with Crippen LogP contribution in [0.1, 0.15) is 11.5 Å². The van der Waals surface area contributed by atoms with Gasteiger partial charge in [0.2, 0.25) is 6.39 Å². The lowest BCUT2D eigenvalue weighted by Gasteiger charge is -1.95. The predicted molar refractivity (Wildman–Crippen MR) is 57.8 cm³/mol. The Morgan fingerprint density at radius 1 is 1.35 bits per heavy atom. The minimum atomic E-state index is 0.404. The molecule has 8 heteroatoms. The molecular formula is C9H9N7O. The molecule has 0 amide bonds. The minimum absolute atomic E-state index is 0.404. The maximum atomic E-state index is 5.83. The maximum Gasteiger partial charge on any atom is 0.213 e. The highest BCUT2D eigenvalue weighted by Crippen LogP contribution is 2.21. The number of nitrogens with two attached hydrogens (primary N) is 1. The molecule has 0 spiro atoms. The summed E-state index contributed by atoms with van der Waals surface area (Å²) in [5, 5.41) is 8.81. The molecule has 86 valence electrons. The number of hydrogen-bond donors (Lipinski definition) is 1. The summed E-state index contributed by atoms with van der Waals surface area (Å²) in [5.74, 6) is 0.954. The zero-order valence-corrected chi connectivity index (χ0v) is 9.03. The molecule has 3 aromatic rings. The van der Waals surface area contributed by atoms with Gasteiger partial charge in [0, 0.05) is 7.05 Å². The fourth-order valence-electron chi connectivity index (χ4n) is 1.73. The highest BCUT2D eigenvalue weighted by atomic mass is 16.5. The van der Waals surface area contributed by atoms with Gasteiger partial charge >= 0.3 is 0 Å². The lowest BCUT2D eigenvalue weighted by Crippen LogP contribution is -1.96. The van der Waals surface area contributed by atoms with Crippen molar-refractivity contribution in [3.05, 3.63) is 24.2 Å². The number of anilines is 1. The van der Waals surface area contributed by atoms with Crippen molar-refractivity contribution in [2.45, 2.75) is 6.42 Å². The standard InChI is InChI=1S/C9H9N7O/c1-16-9-7(8(10)11-3-12-9)5(14-16)2-6-13-4-17-15-6/h3-4H,2H2,1H3,(H2,10,11,12). The normalized spacial score (nSPS) is 11.1. The van der Waals surface area contributed by atoms with Crippen LogP contribution < -0.4 is 5.73 Å². The molecule has 2 N–H and O–H groups in total.